The summed E-state index contributed by atoms with van der Waals surface area (Å²) in [6.45, 7) is 1.87. The first-order valence-corrected chi connectivity index (χ1v) is 7.90. The molecule has 0 radical (unpaired) electrons. The maximum atomic E-state index is 12.0. The summed E-state index contributed by atoms with van der Waals surface area (Å²) < 4.78 is 26.4. The molecular formula is C11H11N3O4S2. The molecule has 0 bridgehead atoms. The van der Waals surface area contributed by atoms with Crippen LogP contribution in [0.3, 0.4) is 0 Å². The summed E-state index contributed by atoms with van der Waals surface area (Å²) in [7, 11) is -3.80. The predicted octanol–water partition coefficient (Wildman–Crippen LogP) is 1.84. The van der Waals surface area contributed by atoms with Gasteiger partial charge in [-0.2, -0.15) is 0 Å². The fourth-order valence-electron chi connectivity index (χ4n) is 1.51. The smallest absolute Gasteiger partial charge is 0.258 e. The minimum Gasteiger partial charge on any atom is -0.258 e. The molecule has 0 atom stereocenters. The molecule has 7 nitrogen and oxygen atoms in total. The second-order valence-electron chi connectivity index (χ2n) is 3.94. The average Bonchev–Trinajstić information content (AvgIpc) is 2.82. The van der Waals surface area contributed by atoms with Gasteiger partial charge in [0.05, 0.1) is 27.1 Å². The fraction of sp³-hybridized carbons (Fsp3) is 0.182. The van der Waals surface area contributed by atoms with Crippen LogP contribution < -0.4 is 4.72 Å². The van der Waals surface area contributed by atoms with Gasteiger partial charge in [0.2, 0.25) is 10.0 Å². The second-order valence-corrected chi connectivity index (χ2v) is 6.77. The number of nitro benzene ring substituents is 1. The highest BCUT2D eigenvalue weighted by molar-refractivity contribution is 7.89. The van der Waals surface area contributed by atoms with E-state index in [2.05, 4.69) is 9.71 Å². The third-order valence-corrected chi connectivity index (χ3v) is 4.67. The van der Waals surface area contributed by atoms with E-state index in [9.17, 15) is 18.5 Å². The summed E-state index contributed by atoms with van der Waals surface area (Å²) in [4.78, 5) is 14.0. The van der Waals surface area contributed by atoms with E-state index >= 15 is 0 Å². The number of aryl methyl sites for hydroxylation is 1. The van der Waals surface area contributed by atoms with E-state index in [4.69, 9.17) is 0 Å². The Bertz CT molecular complexity index is 740. The minimum absolute atomic E-state index is 0.0510. The number of hydrogen-bond acceptors (Lipinski definition) is 6. The fourth-order valence-corrected chi connectivity index (χ4v) is 3.16. The molecule has 0 aliphatic rings. The number of aromatic nitrogens is 1. The highest BCUT2D eigenvalue weighted by Gasteiger charge is 2.17. The molecule has 0 spiro atoms. The summed E-state index contributed by atoms with van der Waals surface area (Å²) in [6, 6.07) is 4.90. The van der Waals surface area contributed by atoms with E-state index in [1.165, 1.54) is 29.5 Å². The molecule has 0 unspecified atom stereocenters. The molecule has 0 saturated heterocycles. The van der Waals surface area contributed by atoms with E-state index in [-0.39, 0.29) is 17.1 Å². The lowest BCUT2D eigenvalue weighted by Gasteiger charge is -2.05. The van der Waals surface area contributed by atoms with Crippen LogP contribution >= 0.6 is 11.3 Å². The van der Waals surface area contributed by atoms with Crippen molar-refractivity contribution in [2.45, 2.75) is 18.4 Å². The number of hydrogen-bond donors (Lipinski definition) is 1. The van der Waals surface area contributed by atoms with Crippen molar-refractivity contribution in [2.75, 3.05) is 0 Å². The van der Waals surface area contributed by atoms with Crippen molar-refractivity contribution in [1.29, 1.82) is 0 Å². The molecule has 0 fully saturated rings. The minimum atomic E-state index is -3.80. The maximum Gasteiger partial charge on any atom is 0.270 e. The quantitative estimate of drug-likeness (QED) is 0.670. The van der Waals surface area contributed by atoms with Gasteiger partial charge in [0.15, 0.2) is 0 Å². The van der Waals surface area contributed by atoms with Gasteiger partial charge in [-0.15, -0.1) is 11.3 Å². The highest BCUT2D eigenvalue weighted by Crippen LogP contribution is 2.17. The van der Waals surface area contributed by atoms with Crippen molar-refractivity contribution in [2.24, 2.45) is 0 Å². The Hall–Kier alpha value is -1.84. The number of nitrogens with zero attached hydrogens (tertiary/aromatic N) is 2. The van der Waals surface area contributed by atoms with Gasteiger partial charge in [0.1, 0.15) is 0 Å². The van der Waals surface area contributed by atoms with Gasteiger partial charge >= 0.3 is 0 Å². The molecule has 1 aromatic carbocycles. The Labute approximate surface area is 119 Å². The van der Waals surface area contributed by atoms with Crippen molar-refractivity contribution in [1.82, 2.24) is 9.71 Å². The van der Waals surface area contributed by atoms with Crippen molar-refractivity contribution in [3.8, 4) is 0 Å². The van der Waals surface area contributed by atoms with E-state index in [0.717, 1.165) is 11.1 Å². The molecule has 1 N–H and O–H groups in total. The average molecular weight is 313 g/mol. The van der Waals surface area contributed by atoms with E-state index < -0.39 is 14.9 Å². The predicted molar refractivity (Wildman–Crippen MR) is 74.0 cm³/mol. The molecule has 2 rings (SSSR count). The lowest BCUT2D eigenvalue weighted by molar-refractivity contribution is -0.385. The molecule has 9 heteroatoms. The molecule has 20 heavy (non-hydrogen) atoms. The maximum absolute atomic E-state index is 12.0. The van der Waals surface area contributed by atoms with E-state index in [1.54, 1.807) is 5.38 Å². The van der Waals surface area contributed by atoms with E-state index in [1.807, 2.05) is 6.92 Å². The standard InChI is InChI=1S/C11H11N3O4S2/c1-8-13-9(7-19-8)6-12-20(17,18)11-4-2-3-10(5-11)14(15)16/h2-5,7,12H,6H2,1H3. The zero-order valence-electron chi connectivity index (χ0n) is 10.4. The zero-order valence-corrected chi connectivity index (χ0v) is 12.1. The Morgan fingerprint density at radius 1 is 1.45 bits per heavy atom. The third kappa shape index (κ3) is 3.38. The number of sulfonamides is 1. The van der Waals surface area contributed by atoms with Crippen LogP contribution in [0.5, 0.6) is 0 Å². The molecule has 106 valence electrons. The number of nitro groups is 1. The number of non-ortho nitro benzene ring substituents is 1. The van der Waals surface area contributed by atoms with Crippen LogP contribution in [0.25, 0.3) is 0 Å². The Morgan fingerprint density at radius 3 is 2.80 bits per heavy atom. The number of rotatable bonds is 5. The van der Waals surface area contributed by atoms with Crippen LogP contribution in [-0.4, -0.2) is 18.3 Å². The molecule has 0 aliphatic carbocycles. The monoisotopic (exact) mass is 313 g/mol. The SMILES string of the molecule is Cc1nc(CNS(=O)(=O)c2cccc([N+](=O)[O-])c2)cs1. The number of nitrogens with one attached hydrogen (secondary N) is 1. The lowest BCUT2D eigenvalue weighted by Crippen LogP contribution is -2.23. The summed E-state index contributed by atoms with van der Waals surface area (Å²) in [6.07, 6.45) is 0. The van der Waals surface area contributed by atoms with Crippen molar-refractivity contribution in [3.63, 3.8) is 0 Å². The summed E-state index contributed by atoms with van der Waals surface area (Å²) in [5.41, 5.74) is 0.346. The summed E-state index contributed by atoms with van der Waals surface area (Å²) >= 11 is 1.42. The second kappa shape index (κ2) is 5.65. The number of thiazole rings is 1. The first-order chi connectivity index (χ1) is 9.38. The Balaban J connectivity index is 2.17. The van der Waals surface area contributed by atoms with Crippen LogP contribution in [0.15, 0.2) is 34.5 Å². The van der Waals surface area contributed by atoms with Gasteiger partial charge in [0, 0.05) is 17.5 Å². The van der Waals surface area contributed by atoms with Gasteiger partial charge < -0.3 is 0 Å². The number of benzene rings is 1. The Morgan fingerprint density at radius 2 is 2.20 bits per heavy atom. The van der Waals surface area contributed by atoms with E-state index in [0.29, 0.717) is 5.69 Å². The molecule has 0 saturated carbocycles. The molecule has 2 aromatic rings. The third-order valence-electron chi connectivity index (χ3n) is 2.45. The van der Waals surface area contributed by atoms with Crippen LogP contribution in [-0.2, 0) is 16.6 Å². The molecular weight excluding hydrogens is 302 g/mol. The Kier molecular flexibility index (Phi) is 4.12. The van der Waals surface area contributed by atoms with Crippen LogP contribution in [0.1, 0.15) is 10.7 Å². The summed E-state index contributed by atoms with van der Waals surface area (Å²) in [5.74, 6) is 0. The van der Waals surface area contributed by atoms with Gasteiger partial charge in [0.25, 0.3) is 5.69 Å². The van der Waals surface area contributed by atoms with Gasteiger partial charge in [-0.25, -0.2) is 18.1 Å². The first kappa shape index (κ1) is 14.6. The van der Waals surface area contributed by atoms with Crippen molar-refractivity contribution < 1.29 is 13.3 Å². The normalized spacial score (nSPS) is 11.4. The van der Waals surface area contributed by atoms with Gasteiger partial charge in [-0.3, -0.25) is 10.1 Å². The topological polar surface area (TPSA) is 102 Å². The van der Waals surface area contributed by atoms with Crippen molar-refractivity contribution >= 4 is 27.0 Å². The van der Waals surface area contributed by atoms with Crippen molar-refractivity contribution in [3.05, 3.63) is 50.5 Å². The largest absolute Gasteiger partial charge is 0.270 e. The zero-order chi connectivity index (χ0) is 14.8. The highest BCUT2D eigenvalue weighted by atomic mass is 32.2. The van der Waals surface area contributed by atoms with Gasteiger partial charge in [-0.1, -0.05) is 6.07 Å². The lowest BCUT2D eigenvalue weighted by atomic mass is 10.3. The van der Waals surface area contributed by atoms with Crippen LogP contribution in [0.4, 0.5) is 5.69 Å². The molecule has 1 aromatic heterocycles. The van der Waals surface area contributed by atoms with Gasteiger partial charge in [-0.05, 0) is 13.0 Å². The first-order valence-electron chi connectivity index (χ1n) is 5.53. The van der Waals surface area contributed by atoms with Crippen LogP contribution in [0.2, 0.25) is 0 Å². The molecule has 0 amide bonds. The van der Waals surface area contributed by atoms with Crippen LogP contribution in [0, 0.1) is 17.0 Å². The summed E-state index contributed by atoms with van der Waals surface area (Å²) in [5, 5.41) is 13.2. The molecule has 1 heterocycles. The molecule has 0 aliphatic heterocycles.